The Morgan fingerprint density at radius 3 is 2.26 bits per heavy atom. The highest BCUT2D eigenvalue weighted by molar-refractivity contribution is 5.86. The van der Waals surface area contributed by atoms with Crippen LogP contribution in [0.1, 0.15) is 80.8 Å². The minimum atomic E-state index is -0.780. The molecule has 1 aliphatic carbocycles. The van der Waals surface area contributed by atoms with Crippen LogP contribution in [0.25, 0.3) is 0 Å². The summed E-state index contributed by atoms with van der Waals surface area (Å²) >= 11 is 0. The minimum absolute atomic E-state index is 0. The molecule has 3 unspecified atom stereocenters. The lowest BCUT2D eigenvalue weighted by Gasteiger charge is -2.35. The van der Waals surface area contributed by atoms with Gasteiger partial charge in [0.15, 0.2) is 0 Å². The maximum absolute atomic E-state index is 14.3. The zero-order valence-electron chi connectivity index (χ0n) is 27.1. The van der Waals surface area contributed by atoms with Crippen molar-refractivity contribution in [3.05, 3.63) is 88.7 Å². The van der Waals surface area contributed by atoms with E-state index in [4.69, 9.17) is 5.10 Å². The molecule has 6 nitrogen and oxygen atoms in total. The monoisotopic (exact) mass is 700 g/mol. The molecule has 0 amide bonds. The number of carboxylic acid groups (broad SMARTS) is 1. The van der Waals surface area contributed by atoms with Gasteiger partial charge in [0.2, 0.25) is 0 Å². The van der Waals surface area contributed by atoms with E-state index < -0.39 is 12.0 Å². The number of piperidine rings is 1. The maximum Gasteiger partial charge on any atom is 0.321 e. The quantitative estimate of drug-likeness (QED) is 0.221. The first-order valence-corrected chi connectivity index (χ1v) is 15.9. The van der Waals surface area contributed by atoms with Gasteiger partial charge in [0, 0.05) is 37.2 Å². The minimum Gasteiger partial charge on any atom is -0.480 e. The fourth-order valence-corrected chi connectivity index (χ4v) is 7.64. The van der Waals surface area contributed by atoms with E-state index in [2.05, 4.69) is 27.5 Å². The Morgan fingerprint density at radius 1 is 1.00 bits per heavy atom. The van der Waals surface area contributed by atoms with E-state index in [1.807, 2.05) is 39.1 Å². The van der Waals surface area contributed by atoms with Gasteiger partial charge in [-0.3, -0.25) is 14.4 Å². The van der Waals surface area contributed by atoms with Gasteiger partial charge >= 0.3 is 5.97 Å². The lowest BCUT2D eigenvalue weighted by atomic mass is 9.87. The molecule has 0 bridgehead atoms. The zero-order valence-corrected chi connectivity index (χ0v) is 29.6. The van der Waals surface area contributed by atoms with Crippen LogP contribution >= 0.6 is 37.2 Å². The van der Waals surface area contributed by atoms with Crippen LogP contribution in [0.2, 0.25) is 0 Å². The number of aryl methyl sites for hydroxylation is 1. The van der Waals surface area contributed by atoms with Crippen LogP contribution in [0.4, 0.5) is 8.78 Å². The molecule has 1 aliphatic heterocycles. The van der Waals surface area contributed by atoms with Gasteiger partial charge in [-0.15, -0.1) is 37.2 Å². The molecule has 1 saturated carbocycles. The van der Waals surface area contributed by atoms with Crippen molar-refractivity contribution in [3.8, 4) is 0 Å². The van der Waals surface area contributed by atoms with E-state index in [9.17, 15) is 18.7 Å². The Balaban J connectivity index is 0.00000245. The average Bonchev–Trinajstić information content (AvgIpc) is 3.58. The van der Waals surface area contributed by atoms with Crippen LogP contribution in [-0.4, -0.2) is 69.4 Å². The molecule has 0 radical (unpaired) electrons. The van der Waals surface area contributed by atoms with Crippen molar-refractivity contribution in [1.29, 1.82) is 0 Å². The third-order valence-electron chi connectivity index (χ3n) is 9.80. The highest BCUT2D eigenvalue weighted by Gasteiger charge is 2.42. The maximum atomic E-state index is 14.3. The summed E-state index contributed by atoms with van der Waals surface area (Å²) in [6.45, 7) is 9.78. The molecule has 2 aromatic carbocycles. The first kappa shape index (κ1) is 39.9. The second-order valence-electron chi connectivity index (χ2n) is 13.0. The van der Waals surface area contributed by atoms with Gasteiger partial charge in [-0.05, 0) is 112 Å². The Hall–Kier alpha value is -2.23. The molecule has 46 heavy (non-hydrogen) atoms. The number of halogens is 5. The second kappa shape index (κ2) is 17.8. The normalized spacial score (nSPS) is 21.0. The largest absolute Gasteiger partial charge is 0.480 e. The topological polar surface area (TPSA) is 61.6 Å². The summed E-state index contributed by atoms with van der Waals surface area (Å²) in [5.74, 6) is -0.259. The highest BCUT2D eigenvalue weighted by Crippen LogP contribution is 2.43. The Morgan fingerprint density at radius 2 is 1.67 bits per heavy atom. The predicted octanol–water partition coefficient (Wildman–Crippen LogP) is 7.82. The van der Waals surface area contributed by atoms with Gasteiger partial charge in [0.1, 0.15) is 17.7 Å². The summed E-state index contributed by atoms with van der Waals surface area (Å²) in [5.41, 5.74) is 4.38. The molecule has 1 saturated heterocycles. The smallest absolute Gasteiger partial charge is 0.321 e. The Kier molecular flexibility index (Phi) is 15.4. The summed E-state index contributed by atoms with van der Waals surface area (Å²) in [4.78, 5) is 16.7. The van der Waals surface area contributed by atoms with Gasteiger partial charge in [0.05, 0.1) is 5.69 Å². The predicted molar refractivity (Wildman–Crippen MR) is 187 cm³/mol. The standard InChI is InChI=1S/C35H46F2N4O2.3ClH/c1-5-41-33(20-30(38-41)17-24-9-11-28(36)12-10-24)25-13-15-40(16-14-25)22-27-19-31(39(4)34(23(2)3)35(42)43)21-32(27)26-7-6-8-29(37)18-26;;;/h6-12,18,20,23,25,27,31-32,34H,5,13-17,19,21-22H2,1-4H3,(H,42,43);3*1H/t27?,31?,32?,34-;;;/m1.../s1. The summed E-state index contributed by atoms with van der Waals surface area (Å²) in [6, 6.07) is 15.5. The van der Waals surface area contributed by atoms with Crippen LogP contribution in [0.15, 0.2) is 54.6 Å². The first-order chi connectivity index (χ1) is 20.6. The fourth-order valence-electron chi connectivity index (χ4n) is 7.64. The van der Waals surface area contributed by atoms with E-state index in [1.54, 1.807) is 12.1 Å². The lowest BCUT2D eigenvalue weighted by Crippen LogP contribution is -2.47. The van der Waals surface area contributed by atoms with E-state index >= 15 is 0 Å². The van der Waals surface area contributed by atoms with Gasteiger partial charge in [-0.1, -0.05) is 38.1 Å². The molecule has 5 rings (SSSR count). The number of hydrogen-bond donors (Lipinski definition) is 1. The third kappa shape index (κ3) is 9.44. The molecular formula is C35H49Cl3F2N4O2. The van der Waals surface area contributed by atoms with Gasteiger partial charge in [-0.2, -0.15) is 5.10 Å². The number of likely N-dealkylation sites (N-methyl/N-ethyl adjacent to an activating group) is 1. The number of rotatable bonds is 11. The van der Waals surface area contributed by atoms with E-state index in [0.29, 0.717) is 18.3 Å². The third-order valence-corrected chi connectivity index (χ3v) is 9.80. The van der Waals surface area contributed by atoms with E-state index in [-0.39, 0.29) is 66.7 Å². The summed E-state index contributed by atoms with van der Waals surface area (Å²) in [5, 5.41) is 14.8. The van der Waals surface area contributed by atoms with Crippen LogP contribution in [0, 0.1) is 23.5 Å². The van der Waals surface area contributed by atoms with Crippen molar-refractivity contribution in [2.24, 2.45) is 11.8 Å². The van der Waals surface area contributed by atoms with Gasteiger partial charge < -0.3 is 10.0 Å². The fraction of sp³-hybridized carbons (Fsp3) is 0.543. The summed E-state index contributed by atoms with van der Waals surface area (Å²) < 4.78 is 29.8. The van der Waals surface area contributed by atoms with Crippen LogP contribution in [-0.2, 0) is 17.8 Å². The molecule has 2 fully saturated rings. The molecular weight excluding hydrogens is 653 g/mol. The first-order valence-electron chi connectivity index (χ1n) is 15.9. The molecule has 2 aliphatic rings. The van der Waals surface area contributed by atoms with Crippen LogP contribution in [0.5, 0.6) is 0 Å². The summed E-state index contributed by atoms with van der Waals surface area (Å²) in [6.07, 6.45) is 4.54. The highest BCUT2D eigenvalue weighted by atomic mass is 35.5. The molecule has 3 aromatic rings. The molecule has 0 spiro atoms. The van der Waals surface area contributed by atoms with E-state index in [1.165, 1.54) is 23.9 Å². The molecule has 1 aromatic heterocycles. The molecule has 2 heterocycles. The van der Waals surface area contributed by atoms with Crippen molar-refractivity contribution in [1.82, 2.24) is 19.6 Å². The van der Waals surface area contributed by atoms with Crippen molar-refractivity contribution in [2.45, 2.75) is 83.3 Å². The lowest BCUT2D eigenvalue weighted by molar-refractivity contribution is -0.145. The van der Waals surface area contributed by atoms with Gasteiger partial charge in [-0.25, -0.2) is 8.78 Å². The van der Waals surface area contributed by atoms with Crippen molar-refractivity contribution in [3.63, 3.8) is 0 Å². The zero-order chi connectivity index (χ0) is 30.7. The number of aliphatic carboxylic acids is 1. The Labute approximate surface area is 291 Å². The molecule has 4 atom stereocenters. The van der Waals surface area contributed by atoms with E-state index in [0.717, 1.165) is 68.7 Å². The van der Waals surface area contributed by atoms with Gasteiger partial charge in [0.25, 0.3) is 0 Å². The molecule has 256 valence electrons. The van der Waals surface area contributed by atoms with Crippen molar-refractivity contribution in [2.75, 3.05) is 26.7 Å². The van der Waals surface area contributed by atoms with Crippen LogP contribution in [0.3, 0.4) is 0 Å². The number of benzene rings is 2. The molecule has 1 N–H and O–H groups in total. The van der Waals surface area contributed by atoms with Crippen molar-refractivity contribution >= 4 is 43.2 Å². The number of nitrogens with zero attached hydrogens (tertiary/aromatic N) is 4. The van der Waals surface area contributed by atoms with Crippen molar-refractivity contribution < 1.29 is 18.7 Å². The molecule has 11 heteroatoms. The number of carbonyl (C=O) groups is 1. The second-order valence-corrected chi connectivity index (χ2v) is 13.0. The Bertz CT molecular complexity index is 1380. The SMILES string of the molecule is CCn1nc(Cc2ccc(F)cc2)cc1C1CCN(CC2CC(N(C)[C@@H](C(=O)O)C(C)C)CC2c2cccc(F)c2)CC1.Cl.Cl.Cl. The number of likely N-dealkylation sites (tertiary alicyclic amines) is 1. The average molecular weight is 702 g/mol. The van der Waals surface area contributed by atoms with Crippen LogP contribution < -0.4 is 0 Å². The number of carboxylic acids is 1. The number of aromatic nitrogens is 2. The number of hydrogen-bond acceptors (Lipinski definition) is 4. The summed E-state index contributed by atoms with van der Waals surface area (Å²) in [7, 11) is 1.95.